The van der Waals surface area contributed by atoms with Gasteiger partial charge in [-0.3, -0.25) is 4.98 Å². The van der Waals surface area contributed by atoms with Crippen LogP contribution in [0.25, 0.3) is 11.1 Å². The third kappa shape index (κ3) is 4.40. The summed E-state index contributed by atoms with van der Waals surface area (Å²) in [6.07, 6.45) is 5.34. The maximum atomic E-state index is 12.5. The van der Waals surface area contributed by atoms with Crippen molar-refractivity contribution in [2.24, 2.45) is 0 Å². The van der Waals surface area contributed by atoms with Crippen LogP contribution in [0.15, 0.2) is 47.2 Å². The first-order chi connectivity index (χ1) is 11.8. The first-order valence-electron chi connectivity index (χ1n) is 8.54. The Morgan fingerprint density at radius 2 is 2.04 bits per heavy atom. The zero-order chi connectivity index (χ0) is 18.0. The van der Waals surface area contributed by atoms with Crippen LogP contribution in [0, 0.1) is 0 Å². The van der Waals surface area contributed by atoms with Gasteiger partial charge in [-0.25, -0.2) is 4.79 Å². The molecule has 1 aromatic heterocycles. The molecule has 1 unspecified atom stereocenters. The van der Waals surface area contributed by atoms with E-state index in [1.807, 2.05) is 44.0 Å². The average Bonchev–Trinajstić information content (AvgIpc) is 3.03. The van der Waals surface area contributed by atoms with E-state index in [1.54, 1.807) is 6.20 Å². The molecule has 1 atom stereocenters. The standard InChI is InChI=1S/C20H23BrN2O2/c1-20(2,3)25-19(24)23-9-5-8-18(23)15-7-4-6-14(10-15)16-11-17(21)13-22-12-16/h4,6-7,10-13,18H,5,8-9H2,1-3H3. The second-order valence-corrected chi connectivity index (χ2v) is 8.26. The van der Waals surface area contributed by atoms with Crippen LogP contribution in [0.2, 0.25) is 0 Å². The molecular formula is C20H23BrN2O2. The second-order valence-electron chi connectivity index (χ2n) is 7.35. The molecule has 1 aromatic carbocycles. The fourth-order valence-electron chi connectivity index (χ4n) is 3.15. The Morgan fingerprint density at radius 1 is 1.24 bits per heavy atom. The fourth-order valence-corrected chi connectivity index (χ4v) is 3.51. The summed E-state index contributed by atoms with van der Waals surface area (Å²) in [5.41, 5.74) is 2.81. The topological polar surface area (TPSA) is 42.4 Å². The van der Waals surface area contributed by atoms with Gasteiger partial charge >= 0.3 is 6.09 Å². The van der Waals surface area contributed by atoms with Gasteiger partial charge in [-0.2, -0.15) is 0 Å². The lowest BCUT2D eigenvalue weighted by Crippen LogP contribution is -2.36. The molecule has 2 aromatic rings. The number of hydrogen-bond donors (Lipinski definition) is 0. The molecule has 0 saturated carbocycles. The van der Waals surface area contributed by atoms with E-state index in [2.05, 4.69) is 39.1 Å². The van der Waals surface area contributed by atoms with E-state index in [0.29, 0.717) is 0 Å². The highest BCUT2D eigenvalue weighted by molar-refractivity contribution is 9.10. The molecule has 0 radical (unpaired) electrons. The van der Waals surface area contributed by atoms with Gasteiger partial charge in [-0.1, -0.05) is 18.2 Å². The average molecular weight is 403 g/mol. The minimum Gasteiger partial charge on any atom is -0.444 e. The largest absolute Gasteiger partial charge is 0.444 e. The van der Waals surface area contributed by atoms with Crippen LogP contribution < -0.4 is 0 Å². The van der Waals surface area contributed by atoms with Crippen LogP contribution in [0.1, 0.15) is 45.2 Å². The van der Waals surface area contributed by atoms with E-state index in [0.717, 1.165) is 40.5 Å². The number of likely N-dealkylation sites (tertiary alicyclic amines) is 1. The Bertz CT molecular complexity index is 770. The van der Waals surface area contributed by atoms with Crippen molar-refractivity contribution in [1.82, 2.24) is 9.88 Å². The quantitative estimate of drug-likeness (QED) is 0.657. The smallest absolute Gasteiger partial charge is 0.410 e. The number of amides is 1. The molecule has 25 heavy (non-hydrogen) atoms. The third-order valence-corrected chi connectivity index (χ3v) is 4.62. The lowest BCUT2D eigenvalue weighted by atomic mass is 9.99. The second kappa shape index (κ2) is 7.16. The van der Waals surface area contributed by atoms with Gasteiger partial charge in [-0.05, 0) is 72.8 Å². The highest BCUT2D eigenvalue weighted by atomic mass is 79.9. The van der Waals surface area contributed by atoms with Crippen LogP contribution in [-0.4, -0.2) is 28.1 Å². The van der Waals surface area contributed by atoms with E-state index in [4.69, 9.17) is 4.74 Å². The maximum Gasteiger partial charge on any atom is 0.410 e. The molecular weight excluding hydrogens is 380 g/mol. The fraction of sp³-hybridized carbons (Fsp3) is 0.400. The molecule has 5 heteroatoms. The van der Waals surface area contributed by atoms with Crippen LogP contribution in [0.5, 0.6) is 0 Å². The number of rotatable bonds is 2. The number of hydrogen-bond acceptors (Lipinski definition) is 3. The Balaban J connectivity index is 1.86. The van der Waals surface area contributed by atoms with E-state index >= 15 is 0 Å². The van der Waals surface area contributed by atoms with E-state index < -0.39 is 5.60 Å². The first-order valence-corrected chi connectivity index (χ1v) is 9.33. The van der Waals surface area contributed by atoms with E-state index in [-0.39, 0.29) is 12.1 Å². The minimum atomic E-state index is -0.478. The van der Waals surface area contributed by atoms with Gasteiger partial charge < -0.3 is 9.64 Å². The molecule has 1 aliphatic heterocycles. The highest BCUT2D eigenvalue weighted by Gasteiger charge is 2.33. The molecule has 132 valence electrons. The monoisotopic (exact) mass is 402 g/mol. The SMILES string of the molecule is CC(C)(C)OC(=O)N1CCCC1c1cccc(-c2cncc(Br)c2)c1. The van der Waals surface area contributed by atoms with Gasteiger partial charge in [0, 0.05) is 29.0 Å². The van der Waals surface area contributed by atoms with E-state index in [9.17, 15) is 4.79 Å². The molecule has 2 heterocycles. The summed E-state index contributed by atoms with van der Waals surface area (Å²) in [5.74, 6) is 0. The minimum absolute atomic E-state index is 0.0647. The van der Waals surface area contributed by atoms with E-state index in [1.165, 1.54) is 0 Å². The molecule has 0 bridgehead atoms. The molecule has 0 N–H and O–H groups in total. The lowest BCUT2D eigenvalue weighted by Gasteiger charge is -2.29. The van der Waals surface area contributed by atoms with Crippen molar-refractivity contribution in [1.29, 1.82) is 0 Å². The van der Waals surface area contributed by atoms with Crippen LogP contribution in [0.3, 0.4) is 0 Å². The summed E-state index contributed by atoms with van der Waals surface area (Å²) >= 11 is 3.47. The number of carbonyl (C=O) groups is 1. The summed E-state index contributed by atoms with van der Waals surface area (Å²) in [4.78, 5) is 18.6. The number of nitrogens with zero attached hydrogens (tertiary/aromatic N) is 2. The van der Waals surface area contributed by atoms with Crippen molar-refractivity contribution in [3.05, 3.63) is 52.8 Å². The number of aromatic nitrogens is 1. The summed E-state index contributed by atoms with van der Waals surface area (Å²) in [7, 11) is 0. The number of benzene rings is 1. The van der Waals surface area contributed by atoms with Crippen molar-refractivity contribution in [2.75, 3.05) is 6.54 Å². The van der Waals surface area contributed by atoms with Gasteiger partial charge in [0.25, 0.3) is 0 Å². The summed E-state index contributed by atoms with van der Waals surface area (Å²) in [6, 6.07) is 10.5. The predicted octanol–water partition coefficient (Wildman–Crippen LogP) is 5.58. The molecule has 3 rings (SSSR count). The molecule has 0 spiro atoms. The zero-order valence-electron chi connectivity index (χ0n) is 14.8. The molecule has 0 aliphatic carbocycles. The first kappa shape index (κ1) is 17.9. The van der Waals surface area contributed by atoms with Crippen LogP contribution in [0.4, 0.5) is 4.79 Å². The molecule has 4 nitrogen and oxygen atoms in total. The van der Waals surface area contributed by atoms with Gasteiger partial charge in [0.05, 0.1) is 6.04 Å². The van der Waals surface area contributed by atoms with Gasteiger partial charge in [0.1, 0.15) is 5.60 Å². The van der Waals surface area contributed by atoms with Gasteiger partial charge in [0.15, 0.2) is 0 Å². The molecule has 1 fully saturated rings. The van der Waals surface area contributed by atoms with Gasteiger partial charge in [-0.15, -0.1) is 0 Å². The van der Waals surface area contributed by atoms with Crippen molar-refractivity contribution in [2.45, 2.75) is 45.3 Å². The Hall–Kier alpha value is -1.88. The summed E-state index contributed by atoms with van der Waals surface area (Å²) < 4.78 is 6.53. The Kier molecular flexibility index (Phi) is 5.13. The van der Waals surface area contributed by atoms with Crippen molar-refractivity contribution >= 4 is 22.0 Å². The van der Waals surface area contributed by atoms with Crippen molar-refractivity contribution in [3.8, 4) is 11.1 Å². The summed E-state index contributed by atoms with van der Waals surface area (Å²) in [6.45, 7) is 6.44. The zero-order valence-corrected chi connectivity index (χ0v) is 16.4. The molecule has 1 saturated heterocycles. The normalized spacial score (nSPS) is 17.6. The predicted molar refractivity (Wildman–Crippen MR) is 102 cm³/mol. The Morgan fingerprint density at radius 3 is 2.76 bits per heavy atom. The van der Waals surface area contributed by atoms with Crippen LogP contribution in [-0.2, 0) is 4.74 Å². The number of carbonyl (C=O) groups excluding carboxylic acids is 1. The number of pyridine rings is 1. The third-order valence-electron chi connectivity index (χ3n) is 4.19. The number of halogens is 1. The number of ether oxygens (including phenoxy) is 1. The maximum absolute atomic E-state index is 12.5. The van der Waals surface area contributed by atoms with Crippen molar-refractivity contribution < 1.29 is 9.53 Å². The van der Waals surface area contributed by atoms with Crippen molar-refractivity contribution in [3.63, 3.8) is 0 Å². The summed E-state index contributed by atoms with van der Waals surface area (Å²) in [5, 5.41) is 0. The lowest BCUT2D eigenvalue weighted by molar-refractivity contribution is 0.0224. The highest BCUT2D eigenvalue weighted by Crippen LogP contribution is 2.35. The van der Waals surface area contributed by atoms with Gasteiger partial charge in [0.2, 0.25) is 0 Å². The Labute approximate surface area is 157 Å². The van der Waals surface area contributed by atoms with Crippen LogP contribution >= 0.6 is 15.9 Å². The molecule has 1 amide bonds. The molecule has 1 aliphatic rings.